The molecule has 18 heavy (non-hydrogen) atoms. The predicted molar refractivity (Wildman–Crippen MR) is 71.6 cm³/mol. The van der Waals surface area contributed by atoms with Gasteiger partial charge in [0.15, 0.2) is 0 Å². The topological polar surface area (TPSA) is 41.6 Å². The lowest BCUT2D eigenvalue weighted by molar-refractivity contribution is 0.00552. The molecule has 0 bridgehead atoms. The van der Waals surface area contributed by atoms with Crippen molar-refractivity contribution in [3.05, 3.63) is 0 Å². The van der Waals surface area contributed by atoms with Crippen LogP contribution in [0.15, 0.2) is 0 Å². The molecule has 0 unspecified atom stereocenters. The standard InChI is InChI=1S/C14H26N2O2/c1-13(2,3)18-12(17)16-11-5-7-14(16)6-4-9-15-10-8-14/h15H,4-11H2,1-3H3/t14-/m1/s1. The normalized spacial score (nSPS) is 29.4. The number of ether oxygens (including phenoxy) is 1. The largest absolute Gasteiger partial charge is 0.444 e. The molecule has 0 aliphatic carbocycles. The Bertz CT molecular complexity index is 301. The number of hydrogen-bond acceptors (Lipinski definition) is 3. The van der Waals surface area contributed by atoms with Crippen LogP contribution in [0.5, 0.6) is 0 Å². The Morgan fingerprint density at radius 3 is 2.61 bits per heavy atom. The summed E-state index contributed by atoms with van der Waals surface area (Å²) < 4.78 is 5.56. The van der Waals surface area contributed by atoms with Crippen LogP contribution in [0.1, 0.15) is 52.9 Å². The average molecular weight is 254 g/mol. The van der Waals surface area contributed by atoms with E-state index in [4.69, 9.17) is 4.74 Å². The molecule has 0 aromatic heterocycles. The van der Waals surface area contributed by atoms with Crippen molar-refractivity contribution < 1.29 is 9.53 Å². The zero-order chi connectivity index (χ0) is 13.2. The molecule has 0 radical (unpaired) electrons. The number of nitrogens with zero attached hydrogens (tertiary/aromatic N) is 1. The highest BCUT2D eigenvalue weighted by atomic mass is 16.6. The maximum atomic E-state index is 12.3. The SMILES string of the molecule is CC(C)(C)OC(=O)N1CCC[C@@]12CCCNCC2. The number of amides is 1. The first-order chi connectivity index (χ1) is 8.43. The Labute approximate surface area is 110 Å². The molecule has 4 heteroatoms. The van der Waals surface area contributed by atoms with Crippen molar-refractivity contribution >= 4 is 6.09 Å². The molecule has 4 nitrogen and oxygen atoms in total. The lowest BCUT2D eigenvalue weighted by atomic mass is 9.88. The van der Waals surface area contributed by atoms with Crippen LogP contribution in [0.25, 0.3) is 0 Å². The quantitative estimate of drug-likeness (QED) is 0.722. The molecule has 1 N–H and O–H groups in total. The second-order valence-electron chi connectivity index (χ2n) is 6.56. The van der Waals surface area contributed by atoms with Gasteiger partial charge in [0.2, 0.25) is 0 Å². The summed E-state index contributed by atoms with van der Waals surface area (Å²) in [4.78, 5) is 14.3. The summed E-state index contributed by atoms with van der Waals surface area (Å²) in [5.41, 5.74) is -0.338. The van der Waals surface area contributed by atoms with Gasteiger partial charge in [0.05, 0.1) is 0 Å². The monoisotopic (exact) mass is 254 g/mol. The van der Waals surface area contributed by atoms with Crippen LogP contribution in [-0.2, 0) is 4.74 Å². The number of hydrogen-bond donors (Lipinski definition) is 1. The fourth-order valence-electron chi connectivity index (χ4n) is 3.17. The van der Waals surface area contributed by atoms with Crippen LogP contribution >= 0.6 is 0 Å². The molecular weight excluding hydrogens is 228 g/mol. The Balaban J connectivity index is 2.08. The van der Waals surface area contributed by atoms with E-state index in [0.29, 0.717) is 0 Å². The zero-order valence-electron chi connectivity index (χ0n) is 11.9. The van der Waals surface area contributed by atoms with Gasteiger partial charge in [-0.15, -0.1) is 0 Å². The Morgan fingerprint density at radius 2 is 1.89 bits per heavy atom. The van der Waals surface area contributed by atoms with Crippen LogP contribution in [0.4, 0.5) is 4.79 Å². The highest BCUT2D eigenvalue weighted by Crippen LogP contribution is 2.38. The summed E-state index contributed by atoms with van der Waals surface area (Å²) in [5, 5.41) is 3.43. The molecule has 1 amide bonds. The van der Waals surface area contributed by atoms with Gasteiger partial charge in [-0.3, -0.25) is 0 Å². The molecule has 0 aromatic rings. The maximum Gasteiger partial charge on any atom is 0.410 e. The minimum Gasteiger partial charge on any atom is -0.444 e. The molecule has 2 saturated heterocycles. The van der Waals surface area contributed by atoms with E-state index in [-0.39, 0.29) is 11.6 Å². The van der Waals surface area contributed by atoms with Crippen LogP contribution in [0.3, 0.4) is 0 Å². The summed E-state index contributed by atoms with van der Waals surface area (Å²) in [6.45, 7) is 8.74. The predicted octanol–water partition coefficient (Wildman–Crippen LogP) is 2.53. The first-order valence-corrected chi connectivity index (χ1v) is 7.14. The third kappa shape index (κ3) is 2.97. The molecule has 2 aliphatic rings. The Hall–Kier alpha value is -0.770. The maximum absolute atomic E-state index is 12.3. The minimum atomic E-state index is -0.399. The number of nitrogens with one attached hydrogen (secondary N) is 1. The molecule has 0 saturated carbocycles. The van der Waals surface area contributed by atoms with E-state index < -0.39 is 5.60 Å². The van der Waals surface area contributed by atoms with Gasteiger partial charge in [0.25, 0.3) is 0 Å². The molecule has 104 valence electrons. The third-order valence-corrected chi connectivity index (χ3v) is 3.97. The fraction of sp³-hybridized carbons (Fsp3) is 0.929. The highest BCUT2D eigenvalue weighted by Gasteiger charge is 2.44. The Morgan fingerprint density at radius 1 is 1.17 bits per heavy atom. The molecule has 2 aliphatic heterocycles. The van der Waals surface area contributed by atoms with E-state index in [9.17, 15) is 4.79 Å². The van der Waals surface area contributed by atoms with Crippen molar-refractivity contribution in [3.8, 4) is 0 Å². The minimum absolute atomic E-state index is 0.0613. The van der Waals surface area contributed by atoms with Gasteiger partial charge >= 0.3 is 6.09 Å². The smallest absolute Gasteiger partial charge is 0.410 e. The second-order valence-corrected chi connectivity index (χ2v) is 6.56. The lowest BCUT2D eigenvalue weighted by Gasteiger charge is -2.38. The van der Waals surface area contributed by atoms with Crippen molar-refractivity contribution in [2.45, 2.75) is 64.0 Å². The van der Waals surface area contributed by atoms with E-state index in [2.05, 4.69) is 5.32 Å². The van der Waals surface area contributed by atoms with Crippen LogP contribution < -0.4 is 5.32 Å². The molecule has 1 atom stereocenters. The zero-order valence-corrected chi connectivity index (χ0v) is 11.9. The van der Waals surface area contributed by atoms with Crippen molar-refractivity contribution in [2.24, 2.45) is 0 Å². The molecular formula is C14H26N2O2. The molecule has 2 rings (SSSR count). The van der Waals surface area contributed by atoms with Crippen molar-refractivity contribution in [3.63, 3.8) is 0 Å². The molecule has 1 spiro atoms. The van der Waals surface area contributed by atoms with Crippen LogP contribution in [0, 0.1) is 0 Å². The van der Waals surface area contributed by atoms with E-state index in [1.807, 2.05) is 25.7 Å². The molecule has 2 fully saturated rings. The van der Waals surface area contributed by atoms with Crippen molar-refractivity contribution in [2.75, 3.05) is 19.6 Å². The van der Waals surface area contributed by atoms with Gasteiger partial charge < -0.3 is 15.0 Å². The summed E-state index contributed by atoms with van der Waals surface area (Å²) in [5.74, 6) is 0. The van der Waals surface area contributed by atoms with Crippen molar-refractivity contribution in [1.29, 1.82) is 0 Å². The summed E-state index contributed by atoms with van der Waals surface area (Å²) in [6, 6.07) is 0. The van der Waals surface area contributed by atoms with E-state index >= 15 is 0 Å². The van der Waals surface area contributed by atoms with E-state index in [1.165, 1.54) is 0 Å². The van der Waals surface area contributed by atoms with Crippen LogP contribution in [0.2, 0.25) is 0 Å². The van der Waals surface area contributed by atoms with Gasteiger partial charge in [0.1, 0.15) is 5.60 Å². The Kier molecular flexibility index (Phi) is 3.85. The molecule has 0 aromatic carbocycles. The number of likely N-dealkylation sites (tertiary alicyclic amines) is 1. The van der Waals surface area contributed by atoms with Gasteiger partial charge in [0, 0.05) is 12.1 Å². The van der Waals surface area contributed by atoms with Gasteiger partial charge in [-0.1, -0.05) is 0 Å². The first kappa shape index (κ1) is 13.7. The number of rotatable bonds is 0. The van der Waals surface area contributed by atoms with Crippen molar-refractivity contribution in [1.82, 2.24) is 10.2 Å². The first-order valence-electron chi connectivity index (χ1n) is 7.14. The van der Waals surface area contributed by atoms with E-state index in [1.54, 1.807) is 0 Å². The number of carbonyl (C=O) groups excluding carboxylic acids is 1. The second kappa shape index (κ2) is 5.08. The fourth-order valence-corrected chi connectivity index (χ4v) is 3.17. The van der Waals surface area contributed by atoms with Crippen LogP contribution in [-0.4, -0.2) is 41.8 Å². The summed E-state index contributed by atoms with van der Waals surface area (Å²) in [6.07, 6.45) is 5.44. The highest BCUT2D eigenvalue weighted by molar-refractivity contribution is 5.69. The summed E-state index contributed by atoms with van der Waals surface area (Å²) in [7, 11) is 0. The van der Waals surface area contributed by atoms with Gasteiger partial charge in [-0.2, -0.15) is 0 Å². The number of carbonyl (C=O) groups is 1. The van der Waals surface area contributed by atoms with E-state index in [0.717, 1.165) is 51.7 Å². The third-order valence-electron chi connectivity index (χ3n) is 3.97. The lowest BCUT2D eigenvalue weighted by Crippen LogP contribution is -2.49. The van der Waals surface area contributed by atoms with Gasteiger partial charge in [-0.05, 0) is 66.0 Å². The average Bonchev–Trinajstić information content (AvgIpc) is 2.49. The van der Waals surface area contributed by atoms with Gasteiger partial charge in [-0.25, -0.2) is 4.79 Å². The molecule has 2 heterocycles. The summed E-state index contributed by atoms with van der Waals surface area (Å²) >= 11 is 0.